The van der Waals surface area contributed by atoms with Crippen LogP contribution in [0.3, 0.4) is 0 Å². The second kappa shape index (κ2) is 9.23. The van der Waals surface area contributed by atoms with Crippen molar-refractivity contribution in [2.24, 2.45) is 4.99 Å². The van der Waals surface area contributed by atoms with Crippen LogP contribution in [0.4, 0.5) is 5.69 Å². The van der Waals surface area contributed by atoms with Crippen molar-refractivity contribution in [2.45, 2.75) is 24.7 Å². The number of nitrogens with zero attached hydrogens (tertiary/aromatic N) is 1. The minimum atomic E-state index is 0.800. The van der Waals surface area contributed by atoms with Crippen LogP contribution in [0.15, 0.2) is 58.4 Å². The van der Waals surface area contributed by atoms with Gasteiger partial charge in [-0.2, -0.15) is 4.99 Å². The van der Waals surface area contributed by atoms with Crippen molar-refractivity contribution in [2.75, 3.05) is 5.75 Å². The monoisotopic (exact) mass is 323 g/mol. The summed E-state index contributed by atoms with van der Waals surface area (Å²) in [5, 5.41) is 2.36. The zero-order chi connectivity index (χ0) is 15.6. The number of unbranched alkanes of at least 4 members (excludes halogenated alkanes) is 1. The van der Waals surface area contributed by atoms with E-state index in [2.05, 4.69) is 65.4 Å². The number of aliphatic imine (C=N–C) groups is 1. The number of rotatable bonds is 5. The Labute approximate surface area is 141 Å². The molecule has 22 heavy (non-hydrogen) atoms. The lowest BCUT2D eigenvalue weighted by Crippen LogP contribution is -1.80. The molecule has 3 heteroatoms. The molecule has 0 atom stereocenters. The van der Waals surface area contributed by atoms with E-state index in [1.54, 1.807) is 0 Å². The van der Waals surface area contributed by atoms with Gasteiger partial charge in [0, 0.05) is 16.0 Å². The molecular formula is C19H17NS2. The standard InChI is InChI=1S/C19H17NS2/c1-2-3-14-22-19-12-8-17(9-13-19)5-4-16-6-10-18(11-7-16)20-15-21/h6-13H,2-3,14H2,1H3. The molecule has 2 aromatic rings. The summed E-state index contributed by atoms with van der Waals surface area (Å²) in [5.41, 5.74) is 2.79. The fourth-order valence-electron chi connectivity index (χ4n) is 1.79. The van der Waals surface area contributed by atoms with Crippen LogP contribution in [-0.2, 0) is 0 Å². The van der Waals surface area contributed by atoms with Gasteiger partial charge in [0.05, 0.1) is 10.8 Å². The van der Waals surface area contributed by atoms with Crippen LogP contribution in [0.5, 0.6) is 0 Å². The molecule has 0 aliphatic rings. The van der Waals surface area contributed by atoms with Gasteiger partial charge in [0.15, 0.2) is 0 Å². The second-order valence-electron chi connectivity index (χ2n) is 4.73. The highest BCUT2D eigenvalue weighted by molar-refractivity contribution is 7.99. The van der Waals surface area contributed by atoms with Gasteiger partial charge in [0.2, 0.25) is 0 Å². The molecule has 0 amide bonds. The number of benzene rings is 2. The van der Waals surface area contributed by atoms with E-state index in [9.17, 15) is 0 Å². The van der Waals surface area contributed by atoms with Gasteiger partial charge < -0.3 is 0 Å². The first kappa shape index (κ1) is 16.5. The van der Waals surface area contributed by atoms with E-state index in [-0.39, 0.29) is 0 Å². The molecule has 0 saturated heterocycles. The van der Waals surface area contributed by atoms with Crippen molar-refractivity contribution in [3.05, 3.63) is 59.7 Å². The van der Waals surface area contributed by atoms with Crippen LogP contribution in [0, 0.1) is 11.8 Å². The maximum Gasteiger partial charge on any atom is 0.0740 e. The Kier molecular flexibility index (Phi) is 6.93. The average Bonchev–Trinajstić information content (AvgIpc) is 2.56. The second-order valence-corrected chi connectivity index (χ2v) is 6.08. The molecular weight excluding hydrogens is 306 g/mol. The third kappa shape index (κ3) is 5.50. The molecule has 0 spiro atoms. The molecule has 0 unspecified atom stereocenters. The third-order valence-electron chi connectivity index (χ3n) is 3.01. The molecule has 0 fully saturated rings. The number of isothiocyanates is 1. The largest absolute Gasteiger partial charge is 0.195 e. The van der Waals surface area contributed by atoms with Crippen molar-refractivity contribution in [3.63, 3.8) is 0 Å². The molecule has 0 bridgehead atoms. The summed E-state index contributed by atoms with van der Waals surface area (Å²) in [4.78, 5) is 5.23. The van der Waals surface area contributed by atoms with Crippen LogP contribution < -0.4 is 0 Å². The highest BCUT2D eigenvalue weighted by Gasteiger charge is 1.94. The van der Waals surface area contributed by atoms with Crippen molar-refractivity contribution in [1.29, 1.82) is 0 Å². The smallest absolute Gasteiger partial charge is 0.0740 e. The number of thiocarbonyl (C=S) groups is 1. The molecule has 1 nitrogen and oxygen atoms in total. The summed E-state index contributed by atoms with van der Waals surface area (Å²) < 4.78 is 0. The van der Waals surface area contributed by atoms with Crippen molar-refractivity contribution in [1.82, 2.24) is 0 Å². The van der Waals surface area contributed by atoms with Gasteiger partial charge in [-0.3, -0.25) is 0 Å². The Hall–Kier alpha value is -1.85. The minimum Gasteiger partial charge on any atom is -0.195 e. The lowest BCUT2D eigenvalue weighted by molar-refractivity contribution is 0.896. The van der Waals surface area contributed by atoms with E-state index < -0.39 is 0 Å². The zero-order valence-corrected chi connectivity index (χ0v) is 14.1. The maximum atomic E-state index is 4.58. The average molecular weight is 323 g/mol. The van der Waals surface area contributed by atoms with E-state index in [1.807, 2.05) is 36.0 Å². The molecule has 0 aliphatic heterocycles. The molecule has 0 N–H and O–H groups in total. The van der Waals surface area contributed by atoms with Crippen LogP contribution in [0.2, 0.25) is 0 Å². The lowest BCUT2D eigenvalue weighted by Gasteiger charge is -2.00. The number of hydrogen-bond acceptors (Lipinski definition) is 3. The normalized spacial score (nSPS) is 9.50. The van der Waals surface area contributed by atoms with E-state index in [0.717, 1.165) is 16.8 Å². The molecule has 0 aromatic heterocycles. The van der Waals surface area contributed by atoms with Gasteiger partial charge in [0.1, 0.15) is 0 Å². The van der Waals surface area contributed by atoms with Crippen molar-refractivity contribution < 1.29 is 0 Å². The Balaban J connectivity index is 2.00. The topological polar surface area (TPSA) is 12.4 Å². The first-order chi connectivity index (χ1) is 10.8. The van der Waals surface area contributed by atoms with Gasteiger partial charge in [-0.15, -0.1) is 11.8 Å². The summed E-state index contributed by atoms with van der Waals surface area (Å²) in [7, 11) is 0. The van der Waals surface area contributed by atoms with Gasteiger partial charge in [-0.25, -0.2) is 0 Å². The highest BCUT2D eigenvalue weighted by atomic mass is 32.2. The van der Waals surface area contributed by atoms with E-state index in [0.29, 0.717) is 0 Å². The van der Waals surface area contributed by atoms with Gasteiger partial charge >= 0.3 is 0 Å². The van der Waals surface area contributed by atoms with Crippen molar-refractivity contribution in [3.8, 4) is 11.8 Å². The van der Waals surface area contributed by atoms with Crippen LogP contribution in [0.25, 0.3) is 0 Å². The first-order valence-corrected chi connectivity index (χ1v) is 8.64. The molecule has 0 saturated carbocycles. The number of hydrogen-bond donors (Lipinski definition) is 0. The maximum absolute atomic E-state index is 4.58. The Morgan fingerprint density at radius 2 is 1.55 bits per heavy atom. The van der Waals surface area contributed by atoms with Crippen LogP contribution >= 0.6 is 24.0 Å². The Morgan fingerprint density at radius 1 is 0.955 bits per heavy atom. The summed E-state index contributed by atoms with van der Waals surface area (Å²) >= 11 is 6.48. The van der Waals surface area contributed by atoms with E-state index >= 15 is 0 Å². The molecule has 0 radical (unpaired) electrons. The molecule has 110 valence electrons. The zero-order valence-electron chi connectivity index (χ0n) is 12.5. The third-order valence-corrected chi connectivity index (χ3v) is 4.20. The molecule has 2 aromatic carbocycles. The Bertz CT molecular complexity index is 700. The van der Waals surface area contributed by atoms with E-state index in [4.69, 9.17) is 0 Å². The summed E-state index contributed by atoms with van der Waals surface area (Å²) in [6.45, 7) is 2.22. The fraction of sp³-hybridized carbons (Fsp3) is 0.211. The fourth-order valence-corrected chi connectivity index (χ4v) is 2.89. The lowest BCUT2D eigenvalue weighted by atomic mass is 10.2. The van der Waals surface area contributed by atoms with E-state index in [1.165, 1.54) is 23.5 Å². The first-order valence-electron chi connectivity index (χ1n) is 7.24. The quantitative estimate of drug-likeness (QED) is 0.230. The van der Waals surface area contributed by atoms with Gasteiger partial charge in [-0.1, -0.05) is 25.2 Å². The molecule has 0 aliphatic carbocycles. The SMILES string of the molecule is CCCCSc1ccc(C#Cc2ccc(N=C=S)cc2)cc1. The minimum absolute atomic E-state index is 0.800. The van der Waals surface area contributed by atoms with Gasteiger partial charge in [0.25, 0.3) is 0 Å². The summed E-state index contributed by atoms with van der Waals surface area (Å²) in [6, 6.07) is 16.1. The summed E-state index contributed by atoms with van der Waals surface area (Å²) in [5.74, 6) is 7.52. The molecule has 0 heterocycles. The summed E-state index contributed by atoms with van der Waals surface area (Å²) in [6.07, 6.45) is 2.50. The van der Waals surface area contributed by atoms with Crippen LogP contribution in [-0.4, -0.2) is 10.9 Å². The predicted octanol–water partition coefficient (Wildman–Crippen LogP) is 5.71. The predicted molar refractivity (Wildman–Crippen MR) is 99.2 cm³/mol. The highest BCUT2D eigenvalue weighted by Crippen LogP contribution is 2.19. The Morgan fingerprint density at radius 3 is 2.09 bits per heavy atom. The number of thioether (sulfide) groups is 1. The van der Waals surface area contributed by atoms with Crippen molar-refractivity contribution >= 4 is 34.8 Å². The molecule has 2 rings (SSSR count). The van der Waals surface area contributed by atoms with Crippen LogP contribution in [0.1, 0.15) is 30.9 Å². The van der Waals surface area contributed by atoms with Gasteiger partial charge in [-0.05, 0) is 72.9 Å².